The lowest BCUT2D eigenvalue weighted by atomic mass is 10.3. The minimum atomic E-state index is -0.841. The zero-order valence-electron chi connectivity index (χ0n) is 11.1. The van der Waals surface area contributed by atoms with E-state index in [1.54, 1.807) is 0 Å². The summed E-state index contributed by atoms with van der Waals surface area (Å²) in [5.74, 6) is -0.0260. The van der Waals surface area contributed by atoms with Crippen LogP contribution in [0.2, 0.25) is 0 Å². The van der Waals surface area contributed by atoms with Gasteiger partial charge in [0, 0.05) is 20.1 Å². The van der Waals surface area contributed by atoms with Crippen molar-refractivity contribution < 1.29 is 9.90 Å². The molecule has 1 aromatic heterocycles. The molecular weight excluding hydrogens is 252 g/mol. The van der Waals surface area contributed by atoms with Gasteiger partial charge in [-0.15, -0.1) is 10.2 Å². The number of carboxylic acid groups (broad SMARTS) is 1. The zero-order valence-corrected chi connectivity index (χ0v) is 11.9. The number of carboxylic acids is 1. The van der Waals surface area contributed by atoms with Gasteiger partial charge in [-0.1, -0.05) is 25.1 Å². The molecular formula is C11H20N4O2S. The van der Waals surface area contributed by atoms with E-state index >= 15 is 0 Å². The highest BCUT2D eigenvalue weighted by atomic mass is 32.2. The Kier molecular flexibility index (Phi) is 5.97. The Morgan fingerprint density at radius 1 is 1.44 bits per heavy atom. The first-order valence-electron chi connectivity index (χ1n) is 6.09. The van der Waals surface area contributed by atoms with Crippen molar-refractivity contribution in [3.63, 3.8) is 0 Å². The summed E-state index contributed by atoms with van der Waals surface area (Å²) in [5, 5.41) is 17.5. The fourth-order valence-corrected chi connectivity index (χ4v) is 2.29. The van der Waals surface area contributed by atoms with Crippen molar-refractivity contribution in [3.8, 4) is 0 Å². The first kappa shape index (κ1) is 14.8. The average Bonchev–Trinajstić information content (AvgIpc) is 2.76. The third-order valence-corrected chi connectivity index (χ3v) is 3.48. The molecule has 0 atom stereocenters. The fourth-order valence-electron chi connectivity index (χ4n) is 1.57. The van der Waals surface area contributed by atoms with Crippen molar-refractivity contribution in [2.45, 2.75) is 38.4 Å². The molecule has 1 heterocycles. The van der Waals surface area contributed by atoms with Gasteiger partial charge in [-0.05, 0) is 13.3 Å². The molecule has 0 unspecified atom stereocenters. The number of anilines is 1. The van der Waals surface area contributed by atoms with Crippen LogP contribution in [-0.2, 0) is 11.3 Å². The van der Waals surface area contributed by atoms with Crippen LogP contribution in [0, 0.1) is 0 Å². The molecule has 102 valence electrons. The van der Waals surface area contributed by atoms with E-state index in [2.05, 4.69) is 22.0 Å². The van der Waals surface area contributed by atoms with Crippen LogP contribution in [0.4, 0.5) is 5.95 Å². The van der Waals surface area contributed by atoms with Crippen LogP contribution in [0.5, 0.6) is 0 Å². The van der Waals surface area contributed by atoms with Gasteiger partial charge in [0.05, 0.1) is 5.75 Å². The van der Waals surface area contributed by atoms with Gasteiger partial charge in [0.25, 0.3) is 0 Å². The van der Waals surface area contributed by atoms with Crippen LogP contribution in [0.3, 0.4) is 0 Å². The topological polar surface area (TPSA) is 71.2 Å². The number of carbonyl (C=O) groups is 1. The lowest BCUT2D eigenvalue weighted by Crippen LogP contribution is -2.22. The van der Waals surface area contributed by atoms with Gasteiger partial charge in [-0.25, -0.2) is 0 Å². The van der Waals surface area contributed by atoms with Gasteiger partial charge in [0.1, 0.15) is 0 Å². The normalized spacial score (nSPS) is 10.6. The van der Waals surface area contributed by atoms with Crippen molar-refractivity contribution in [1.29, 1.82) is 0 Å². The Labute approximate surface area is 111 Å². The average molecular weight is 272 g/mol. The minimum absolute atomic E-state index is 0.0107. The maximum Gasteiger partial charge on any atom is 0.313 e. The highest BCUT2D eigenvalue weighted by Gasteiger charge is 2.15. The summed E-state index contributed by atoms with van der Waals surface area (Å²) in [7, 11) is 1.98. The Bertz CT molecular complexity index is 394. The summed E-state index contributed by atoms with van der Waals surface area (Å²) in [6.07, 6.45) is 2.23. The van der Waals surface area contributed by atoms with E-state index in [0.29, 0.717) is 5.16 Å². The summed E-state index contributed by atoms with van der Waals surface area (Å²) in [6.45, 7) is 5.82. The van der Waals surface area contributed by atoms with Crippen molar-refractivity contribution in [2.75, 3.05) is 24.2 Å². The van der Waals surface area contributed by atoms with E-state index in [1.807, 2.05) is 18.5 Å². The van der Waals surface area contributed by atoms with E-state index in [-0.39, 0.29) is 5.75 Å². The number of aliphatic carboxylic acids is 1. The Hall–Kier alpha value is -1.24. The molecule has 0 spiro atoms. The van der Waals surface area contributed by atoms with Gasteiger partial charge in [-0.3, -0.25) is 9.36 Å². The van der Waals surface area contributed by atoms with E-state index < -0.39 is 5.97 Å². The van der Waals surface area contributed by atoms with Crippen molar-refractivity contribution in [3.05, 3.63) is 0 Å². The van der Waals surface area contributed by atoms with Crippen LogP contribution in [0.25, 0.3) is 0 Å². The molecule has 0 aromatic carbocycles. The summed E-state index contributed by atoms with van der Waals surface area (Å²) in [6, 6.07) is 0. The summed E-state index contributed by atoms with van der Waals surface area (Å²) in [4.78, 5) is 12.6. The Morgan fingerprint density at radius 2 is 2.17 bits per heavy atom. The SMILES string of the molecule is CCCCN(C)c1nnc(SCC(=O)O)n1CC. The first-order chi connectivity index (χ1) is 8.60. The predicted molar refractivity (Wildman–Crippen MR) is 72.2 cm³/mol. The molecule has 0 radical (unpaired) electrons. The molecule has 1 rings (SSSR count). The second-order valence-corrected chi connectivity index (χ2v) is 4.93. The van der Waals surface area contributed by atoms with E-state index in [9.17, 15) is 4.79 Å². The van der Waals surface area contributed by atoms with Crippen molar-refractivity contribution >= 4 is 23.7 Å². The van der Waals surface area contributed by atoms with Crippen molar-refractivity contribution in [2.24, 2.45) is 0 Å². The Balaban J connectivity index is 2.77. The maximum atomic E-state index is 10.6. The lowest BCUT2D eigenvalue weighted by Gasteiger charge is -2.18. The number of aromatic nitrogens is 3. The second kappa shape index (κ2) is 7.25. The molecule has 0 bridgehead atoms. The number of rotatable bonds is 8. The molecule has 0 amide bonds. The molecule has 0 aliphatic carbocycles. The van der Waals surface area contributed by atoms with Crippen LogP contribution in [0.1, 0.15) is 26.7 Å². The molecule has 1 N–H and O–H groups in total. The molecule has 7 heteroatoms. The number of nitrogens with zero attached hydrogens (tertiary/aromatic N) is 4. The zero-order chi connectivity index (χ0) is 13.5. The van der Waals surface area contributed by atoms with Gasteiger partial charge >= 0.3 is 5.97 Å². The van der Waals surface area contributed by atoms with Crippen LogP contribution < -0.4 is 4.90 Å². The largest absolute Gasteiger partial charge is 0.481 e. The van der Waals surface area contributed by atoms with E-state index in [0.717, 1.165) is 31.9 Å². The maximum absolute atomic E-state index is 10.6. The molecule has 0 saturated heterocycles. The fraction of sp³-hybridized carbons (Fsp3) is 0.727. The van der Waals surface area contributed by atoms with Gasteiger partial charge < -0.3 is 10.0 Å². The molecule has 18 heavy (non-hydrogen) atoms. The standard InChI is InChI=1S/C11H20N4O2S/c1-4-6-7-14(3)10-12-13-11(15(10)5-2)18-8-9(16)17/h4-8H2,1-3H3,(H,16,17). The number of unbranched alkanes of at least 4 members (excludes halogenated alkanes) is 1. The molecule has 0 aliphatic rings. The van der Waals surface area contributed by atoms with Crippen LogP contribution in [0.15, 0.2) is 5.16 Å². The number of hydrogen-bond donors (Lipinski definition) is 1. The second-order valence-electron chi connectivity index (χ2n) is 3.98. The van der Waals surface area contributed by atoms with Crippen LogP contribution >= 0.6 is 11.8 Å². The number of thioether (sulfide) groups is 1. The summed E-state index contributed by atoms with van der Waals surface area (Å²) >= 11 is 1.20. The van der Waals surface area contributed by atoms with Gasteiger partial charge in [-0.2, -0.15) is 0 Å². The highest BCUT2D eigenvalue weighted by Crippen LogP contribution is 2.21. The highest BCUT2D eigenvalue weighted by molar-refractivity contribution is 7.99. The third kappa shape index (κ3) is 3.90. The summed E-state index contributed by atoms with van der Waals surface area (Å²) in [5.41, 5.74) is 0. The minimum Gasteiger partial charge on any atom is -0.481 e. The van der Waals surface area contributed by atoms with E-state index in [4.69, 9.17) is 5.11 Å². The molecule has 0 aliphatic heterocycles. The Morgan fingerprint density at radius 3 is 2.72 bits per heavy atom. The predicted octanol–water partition coefficient (Wildman–Crippen LogP) is 1.71. The quantitative estimate of drug-likeness (QED) is 0.726. The van der Waals surface area contributed by atoms with Gasteiger partial charge in [0.2, 0.25) is 5.95 Å². The molecule has 0 fully saturated rings. The van der Waals surface area contributed by atoms with Gasteiger partial charge in [0.15, 0.2) is 5.16 Å². The van der Waals surface area contributed by atoms with E-state index in [1.165, 1.54) is 11.8 Å². The smallest absolute Gasteiger partial charge is 0.313 e. The van der Waals surface area contributed by atoms with Crippen LogP contribution in [-0.4, -0.2) is 45.2 Å². The molecule has 0 saturated carbocycles. The molecule has 6 nitrogen and oxygen atoms in total. The molecule has 1 aromatic rings. The monoisotopic (exact) mass is 272 g/mol. The number of hydrogen-bond acceptors (Lipinski definition) is 5. The third-order valence-electron chi connectivity index (χ3n) is 2.53. The lowest BCUT2D eigenvalue weighted by molar-refractivity contribution is -0.133. The summed E-state index contributed by atoms with van der Waals surface area (Å²) < 4.78 is 1.95. The van der Waals surface area contributed by atoms with Crippen molar-refractivity contribution in [1.82, 2.24) is 14.8 Å². The first-order valence-corrected chi connectivity index (χ1v) is 7.07.